The minimum absolute atomic E-state index is 0.0591. The summed E-state index contributed by atoms with van der Waals surface area (Å²) < 4.78 is 5.02. The van der Waals surface area contributed by atoms with Crippen molar-refractivity contribution in [3.8, 4) is 11.3 Å². The minimum Gasteiger partial charge on any atom is -0.476 e. The maximum Gasteiger partial charge on any atom is 0.358 e. The van der Waals surface area contributed by atoms with Crippen molar-refractivity contribution in [1.82, 2.24) is 4.98 Å². The first kappa shape index (κ1) is 12.9. The smallest absolute Gasteiger partial charge is 0.358 e. The van der Waals surface area contributed by atoms with Crippen molar-refractivity contribution in [1.29, 1.82) is 0 Å². The first-order chi connectivity index (χ1) is 8.20. The fraction of sp³-hybridized carbons (Fsp3) is 0.167. The molecule has 5 nitrogen and oxygen atoms in total. The predicted octanol–water partition coefficient (Wildman–Crippen LogP) is 2.04. The van der Waals surface area contributed by atoms with E-state index in [1.54, 1.807) is 19.1 Å². The van der Waals surface area contributed by atoms with Gasteiger partial charge in [0.1, 0.15) is 0 Å². The zero-order valence-corrected chi connectivity index (χ0v) is 9.33. The van der Waals surface area contributed by atoms with E-state index in [4.69, 9.17) is 14.6 Å². The molecule has 0 spiro atoms. The second-order valence-electron chi connectivity index (χ2n) is 3.02. The van der Waals surface area contributed by atoms with Gasteiger partial charge < -0.3 is 14.6 Å². The first-order valence-corrected chi connectivity index (χ1v) is 5.03. The molecule has 0 unspecified atom stereocenters. The van der Waals surface area contributed by atoms with E-state index in [0.717, 1.165) is 6.39 Å². The van der Waals surface area contributed by atoms with Crippen LogP contribution in [0, 0.1) is 0 Å². The van der Waals surface area contributed by atoms with Crippen molar-refractivity contribution in [2.24, 2.45) is 0 Å². The van der Waals surface area contributed by atoms with E-state index in [-0.39, 0.29) is 18.1 Å². The average molecular weight is 235 g/mol. The van der Waals surface area contributed by atoms with Gasteiger partial charge >= 0.3 is 5.97 Å². The molecule has 1 heterocycles. The number of carbonyl (C=O) groups is 1. The monoisotopic (exact) mass is 235 g/mol. The number of hydrogen-bond acceptors (Lipinski definition) is 4. The highest BCUT2D eigenvalue weighted by Crippen LogP contribution is 2.22. The predicted molar refractivity (Wildman–Crippen MR) is 61.7 cm³/mol. The van der Waals surface area contributed by atoms with Crippen molar-refractivity contribution in [3.63, 3.8) is 0 Å². The Hall–Kier alpha value is -2.14. The number of aromatic nitrogens is 1. The number of benzene rings is 1. The van der Waals surface area contributed by atoms with Gasteiger partial charge in [-0.1, -0.05) is 30.3 Å². The molecule has 0 fully saturated rings. The van der Waals surface area contributed by atoms with E-state index in [9.17, 15) is 4.79 Å². The van der Waals surface area contributed by atoms with E-state index < -0.39 is 5.97 Å². The molecule has 0 aliphatic carbocycles. The quantitative estimate of drug-likeness (QED) is 0.832. The van der Waals surface area contributed by atoms with Gasteiger partial charge in [-0.25, -0.2) is 9.78 Å². The lowest BCUT2D eigenvalue weighted by Crippen LogP contribution is -1.98. The third kappa shape index (κ3) is 3.42. The van der Waals surface area contributed by atoms with Gasteiger partial charge in [0.15, 0.2) is 17.8 Å². The molecule has 0 aliphatic rings. The van der Waals surface area contributed by atoms with Crippen LogP contribution in [-0.4, -0.2) is 27.8 Å². The van der Waals surface area contributed by atoms with Gasteiger partial charge in [0, 0.05) is 12.2 Å². The van der Waals surface area contributed by atoms with Crippen LogP contribution in [0.2, 0.25) is 0 Å². The summed E-state index contributed by atoms with van der Waals surface area (Å²) >= 11 is 0. The zero-order valence-electron chi connectivity index (χ0n) is 9.33. The Morgan fingerprint density at radius 2 is 1.94 bits per heavy atom. The first-order valence-electron chi connectivity index (χ1n) is 5.03. The SMILES string of the molecule is CCO.O=C(O)c1ncoc1-c1ccccc1. The van der Waals surface area contributed by atoms with Gasteiger partial charge in [0.2, 0.25) is 0 Å². The Balaban J connectivity index is 0.000000437. The van der Waals surface area contributed by atoms with Crippen LogP contribution >= 0.6 is 0 Å². The second-order valence-corrected chi connectivity index (χ2v) is 3.02. The van der Waals surface area contributed by atoms with Gasteiger partial charge in [-0.3, -0.25) is 0 Å². The molecule has 17 heavy (non-hydrogen) atoms. The third-order valence-electron chi connectivity index (χ3n) is 1.81. The highest BCUT2D eigenvalue weighted by atomic mass is 16.4. The molecule has 2 N–H and O–H groups in total. The molecule has 1 aromatic carbocycles. The fourth-order valence-corrected chi connectivity index (χ4v) is 1.19. The van der Waals surface area contributed by atoms with Crippen LogP contribution in [-0.2, 0) is 0 Å². The van der Waals surface area contributed by atoms with Gasteiger partial charge in [-0.15, -0.1) is 0 Å². The molecule has 2 aromatic rings. The zero-order chi connectivity index (χ0) is 12.7. The summed E-state index contributed by atoms with van der Waals surface area (Å²) in [6, 6.07) is 9.01. The van der Waals surface area contributed by atoms with Gasteiger partial charge in [0.05, 0.1) is 0 Å². The van der Waals surface area contributed by atoms with E-state index in [1.807, 2.05) is 18.2 Å². The molecular weight excluding hydrogens is 222 g/mol. The normalized spacial score (nSPS) is 9.29. The Bertz CT molecular complexity index is 464. The fourth-order valence-electron chi connectivity index (χ4n) is 1.19. The summed E-state index contributed by atoms with van der Waals surface area (Å²) in [5.41, 5.74) is 0.651. The van der Waals surface area contributed by atoms with Crippen LogP contribution in [0.15, 0.2) is 41.1 Å². The molecule has 5 heteroatoms. The molecule has 2 rings (SSSR count). The maximum atomic E-state index is 10.7. The van der Waals surface area contributed by atoms with Crippen molar-refractivity contribution in [2.75, 3.05) is 6.61 Å². The van der Waals surface area contributed by atoms with Crippen molar-refractivity contribution in [3.05, 3.63) is 42.4 Å². The van der Waals surface area contributed by atoms with Crippen LogP contribution in [0.1, 0.15) is 17.4 Å². The topological polar surface area (TPSA) is 83.6 Å². The van der Waals surface area contributed by atoms with Gasteiger partial charge in [-0.05, 0) is 6.92 Å². The lowest BCUT2D eigenvalue weighted by atomic mass is 10.1. The molecule has 0 saturated heterocycles. The number of carboxylic acid groups (broad SMARTS) is 1. The largest absolute Gasteiger partial charge is 0.476 e. The van der Waals surface area contributed by atoms with Crippen molar-refractivity contribution >= 4 is 5.97 Å². The number of rotatable bonds is 2. The summed E-state index contributed by atoms with van der Waals surface area (Å²) in [5.74, 6) is -0.796. The van der Waals surface area contributed by atoms with Crippen LogP contribution in [0.25, 0.3) is 11.3 Å². The van der Waals surface area contributed by atoms with Gasteiger partial charge in [0.25, 0.3) is 0 Å². The number of carboxylic acids is 1. The Kier molecular flexibility index (Phi) is 4.90. The van der Waals surface area contributed by atoms with E-state index in [2.05, 4.69) is 4.98 Å². The highest BCUT2D eigenvalue weighted by molar-refractivity contribution is 5.91. The molecule has 0 aliphatic heterocycles. The van der Waals surface area contributed by atoms with E-state index in [1.165, 1.54) is 0 Å². The van der Waals surface area contributed by atoms with Crippen molar-refractivity contribution < 1.29 is 19.4 Å². The summed E-state index contributed by atoms with van der Waals surface area (Å²) in [4.78, 5) is 14.4. The average Bonchev–Trinajstić information content (AvgIpc) is 2.80. The number of oxazole rings is 1. The third-order valence-corrected chi connectivity index (χ3v) is 1.81. The highest BCUT2D eigenvalue weighted by Gasteiger charge is 2.16. The molecule has 0 atom stereocenters. The Morgan fingerprint density at radius 3 is 2.47 bits per heavy atom. The number of nitrogens with zero attached hydrogens (tertiary/aromatic N) is 1. The number of aromatic carboxylic acids is 1. The van der Waals surface area contributed by atoms with Crippen molar-refractivity contribution in [2.45, 2.75) is 6.92 Å². The minimum atomic E-state index is -1.09. The Labute approximate surface area is 98.4 Å². The molecule has 0 bridgehead atoms. The number of aliphatic hydroxyl groups is 1. The molecule has 1 aromatic heterocycles. The maximum absolute atomic E-state index is 10.7. The van der Waals surface area contributed by atoms with Crippen LogP contribution < -0.4 is 0 Å². The molecular formula is C12H13NO4. The van der Waals surface area contributed by atoms with Gasteiger partial charge in [-0.2, -0.15) is 0 Å². The lowest BCUT2D eigenvalue weighted by Gasteiger charge is -1.95. The number of hydrogen-bond donors (Lipinski definition) is 2. The molecule has 90 valence electrons. The molecule has 0 saturated carbocycles. The van der Waals surface area contributed by atoms with Crippen LogP contribution in [0.3, 0.4) is 0 Å². The molecule has 0 radical (unpaired) electrons. The summed E-state index contributed by atoms with van der Waals surface area (Å²) in [6.45, 7) is 1.93. The Morgan fingerprint density at radius 1 is 1.35 bits per heavy atom. The molecule has 0 amide bonds. The summed E-state index contributed by atoms with van der Waals surface area (Å²) in [6.07, 6.45) is 1.13. The van der Waals surface area contributed by atoms with E-state index in [0.29, 0.717) is 5.56 Å². The number of aliphatic hydroxyl groups excluding tert-OH is 1. The summed E-state index contributed by atoms with van der Waals surface area (Å²) in [7, 11) is 0. The second kappa shape index (κ2) is 6.44. The lowest BCUT2D eigenvalue weighted by molar-refractivity contribution is 0.0691. The van der Waals surface area contributed by atoms with Crippen LogP contribution in [0.5, 0.6) is 0 Å². The summed E-state index contributed by atoms with van der Waals surface area (Å²) in [5, 5.41) is 16.4. The standard InChI is InChI=1S/C10H7NO3.C2H6O/c12-10(13)8-9(14-6-11-8)7-4-2-1-3-5-7;1-2-3/h1-6H,(H,12,13);3H,2H2,1H3. The van der Waals surface area contributed by atoms with Crippen LogP contribution in [0.4, 0.5) is 0 Å². The van der Waals surface area contributed by atoms with E-state index >= 15 is 0 Å².